The van der Waals surface area contributed by atoms with Crippen LogP contribution >= 0.6 is 0 Å². The first-order valence-electron chi connectivity index (χ1n) is 9.81. The first-order valence-corrected chi connectivity index (χ1v) is 9.81. The Morgan fingerprint density at radius 2 is 1.69 bits per heavy atom. The molecular weight excluding hydrogens is 320 g/mol. The minimum atomic E-state index is 0.0655. The number of hydrogen-bond acceptors (Lipinski definition) is 2. The van der Waals surface area contributed by atoms with Crippen molar-refractivity contribution in [1.29, 1.82) is 0 Å². The fraction of sp³-hybridized carbons (Fsp3) is 0.435. The molecule has 1 heterocycles. The van der Waals surface area contributed by atoms with Crippen LogP contribution in [0.5, 0.6) is 0 Å². The van der Waals surface area contributed by atoms with E-state index in [0.29, 0.717) is 0 Å². The number of rotatable bonds is 6. The molecule has 0 bridgehead atoms. The van der Waals surface area contributed by atoms with Crippen molar-refractivity contribution < 1.29 is 4.79 Å². The number of likely N-dealkylation sites (tertiary alicyclic amines) is 1. The van der Waals surface area contributed by atoms with Crippen molar-refractivity contribution in [3.63, 3.8) is 0 Å². The lowest BCUT2D eigenvalue weighted by Gasteiger charge is -2.32. The van der Waals surface area contributed by atoms with E-state index in [0.717, 1.165) is 38.9 Å². The van der Waals surface area contributed by atoms with E-state index in [1.165, 1.54) is 16.7 Å². The average Bonchev–Trinajstić information content (AvgIpc) is 2.69. The van der Waals surface area contributed by atoms with Gasteiger partial charge in [-0.2, -0.15) is 0 Å². The minimum absolute atomic E-state index is 0.0655. The molecule has 0 aromatic heterocycles. The third-order valence-electron chi connectivity index (χ3n) is 5.45. The smallest absolute Gasteiger partial charge is 0.223 e. The van der Waals surface area contributed by atoms with Crippen molar-refractivity contribution in [2.45, 2.75) is 45.7 Å². The summed E-state index contributed by atoms with van der Waals surface area (Å²) in [6, 6.07) is 19.2. The Morgan fingerprint density at radius 3 is 2.31 bits per heavy atom. The standard InChI is InChI=1S/C23H30N2O/c1-3-19-9-11-21(12-10-19)18(2)24-23(26)22-13-15-25(16-14-22)17-20-7-5-4-6-8-20/h4-12,18,22H,3,13-17H2,1-2H3,(H,24,26). The van der Waals surface area contributed by atoms with E-state index in [1.807, 2.05) is 0 Å². The number of nitrogens with zero attached hydrogens (tertiary/aromatic N) is 1. The number of amides is 1. The Hall–Kier alpha value is -2.13. The van der Waals surface area contributed by atoms with E-state index in [1.54, 1.807) is 0 Å². The second kappa shape index (κ2) is 9.00. The lowest BCUT2D eigenvalue weighted by molar-refractivity contribution is -0.127. The fourth-order valence-corrected chi connectivity index (χ4v) is 3.65. The van der Waals surface area contributed by atoms with Gasteiger partial charge in [0.15, 0.2) is 0 Å². The van der Waals surface area contributed by atoms with Gasteiger partial charge in [-0.25, -0.2) is 0 Å². The molecule has 1 fully saturated rings. The van der Waals surface area contributed by atoms with Gasteiger partial charge < -0.3 is 5.32 Å². The van der Waals surface area contributed by atoms with Gasteiger partial charge >= 0.3 is 0 Å². The summed E-state index contributed by atoms with van der Waals surface area (Å²) in [7, 11) is 0. The molecule has 26 heavy (non-hydrogen) atoms. The van der Waals surface area contributed by atoms with Crippen molar-refractivity contribution in [2.24, 2.45) is 5.92 Å². The van der Waals surface area contributed by atoms with Crippen molar-refractivity contribution >= 4 is 5.91 Å². The molecule has 2 aromatic carbocycles. The Kier molecular flexibility index (Phi) is 6.45. The Labute approximate surface area is 157 Å². The highest BCUT2D eigenvalue weighted by molar-refractivity contribution is 5.79. The van der Waals surface area contributed by atoms with Crippen LogP contribution in [-0.4, -0.2) is 23.9 Å². The summed E-state index contributed by atoms with van der Waals surface area (Å²) < 4.78 is 0. The molecule has 0 radical (unpaired) electrons. The zero-order chi connectivity index (χ0) is 18.4. The molecule has 0 aliphatic carbocycles. The quantitative estimate of drug-likeness (QED) is 0.840. The summed E-state index contributed by atoms with van der Waals surface area (Å²) in [5, 5.41) is 3.21. The molecule has 0 saturated carbocycles. The summed E-state index contributed by atoms with van der Waals surface area (Å²) in [6.07, 6.45) is 2.93. The second-order valence-electron chi connectivity index (χ2n) is 7.36. The molecule has 1 aliphatic rings. The molecule has 1 atom stereocenters. The number of nitrogens with one attached hydrogen (secondary N) is 1. The number of benzene rings is 2. The van der Waals surface area contributed by atoms with Gasteiger partial charge in [0, 0.05) is 12.5 Å². The molecule has 3 nitrogen and oxygen atoms in total. The van der Waals surface area contributed by atoms with Gasteiger partial charge in [-0.15, -0.1) is 0 Å². The molecule has 1 aliphatic heterocycles. The number of hydrogen-bond donors (Lipinski definition) is 1. The van der Waals surface area contributed by atoms with Gasteiger partial charge in [-0.3, -0.25) is 9.69 Å². The predicted octanol–water partition coefficient (Wildman–Crippen LogP) is 4.34. The highest BCUT2D eigenvalue weighted by Crippen LogP contribution is 2.21. The predicted molar refractivity (Wildman–Crippen MR) is 107 cm³/mol. The van der Waals surface area contributed by atoms with Crippen molar-refractivity contribution in [3.8, 4) is 0 Å². The molecule has 1 unspecified atom stereocenters. The molecule has 2 aromatic rings. The second-order valence-corrected chi connectivity index (χ2v) is 7.36. The molecule has 1 saturated heterocycles. The third-order valence-corrected chi connectivity index (χ3v) is 5.45. The fourth-order valence-electron chi connectivity index (χ4n) is 3.65. The van der Waals surface area contributed by atoms with Gasteiger partial charge in [0.1, 0.15) is 0 Å². The van der Waals surface area contributed by atoms with E-state index in [-0.39, 0.29) is 17.9 Å². The van der Waals surface area contributed by atoms with Crippen molar-refractivity contribution in [1.82, 2.24) is 10.2 Å². The van der Waals surface area contributed by atoms with Crippen LogP contribution in [0.25, 0.3) is 0 Å². The summed E-state index contributed by atoms with van der Waals surface area (Å²) in [6.45, 7) is 7.20. The van der Waals surface area contributed by atoms with Crippen molar-refractivity contribution in [2.75, 3.05) is 13.1 Å². The first kappa shape index (κ1) is 18.7. The van der Waals surface area contributed by atoms with E-state index < -0.39 is 0 Å². The number of carbonyl (C=O) groups is 1. The molecule has 1 amide bonds. The zero-order valence-corrected chi connectivity index (χ0v) is 15.9. The van der Waals surface area contributed by atoms with Gasteiger partial charge in [0.2, 0.25) is 5.91 Å². The van der Waals surface area contributed by atoms with Gasteiger partial charge in [-0.1, -0.05) is 61.5 Å². The lowest BCUT2D eigenvalue weighted by atomic mass is 9.94. The molecule has 1 N–H and O–H groups in total. The van der Waals surface area contributed by atoms with Crippen LogP contribution in [0.2, 0.25) is 0 Å². The van der Waals surface area contributed by atoms with E-state index in [2.05, 4.69) is 78.7 Å². The van der Waals surface area contributed by atoms with Crippen LogP contribution in [0.1, 0.15) is 49.4 Å². The van der Waals surface area contributed by atoms with Crippen LogP contribution in [0.15, 0.2) is 54.6 Å². The van der Waals surface area contributed by atoms with Crippen LogP contribution in [0, 0.1) is 5.92 Å². The SMILES string of the molecule is CCc1ccc(C(C)NC(=O)C2CCN(Cc3ccccc3)CC2)cc1. The monoisotopic (exact) mass is 350 g/mol. The Balaban J connectivity index is 1.47. The van der Waals surface area contributed by atoms with Crippen LogP contribution in [0.4, 0.5) is 0 Å². The van der Waals surface area contributed by atoms with Crippen LogP contribution in [-0.2, 0) is 17.8 Å². The third kappa shape index (κ3) is 4.95. The summed E-state index contributed by atoms with van der Waals surface area (Å²) in [5.41, 5.74) is 3.86. The zero-order valence-electron chi connectivity index (χ0n) is 15.9. The van der Waals surface area contributed by atoms with Gasteiger partial charge in [0.05, 0.1) is 6.04 Å². The summed E-state index contributed by atoms with van der Waals surface area (Å²) >= 11 is 0. The minimum Gasteiger partial charge on any atom is -0.349 e. The molecule has 0 spiro atoms. The Bertz CT molecular complexity index is 688. The van der Waals surface area contributed by atoms with Gasteiger partial charge in [-0.05, 0) is 56.0 Å². The first-order chi connectivity index (χ1) is 12.7. The van der Waals surface area contributed by atoms with Crippen LogP contribution < -0.4 is 5.32 Å². The highest BCUT2D eigenvalue weighted by atomic mass is 16.1. The summed E-state index contributed by atoms with van der Waals surface area (Å²) in [4.78, 5) is 15.1. The van der Waals surface area contributed by atoms with Crippen molar-refractivity contribution in [3.05, 3.63) is 71.3 Å². The maximum Gasteiger partial charge on any atom is 0.223 e. The largest absolute Gasteiger partial charge is 0.349 e. The highest BCUT2D eigenvalue weighted by Gasteiger charge is 2.25. The molecule has 138 valence electrons. The normalized spacial score (nSPS) is 17.0. The maximum absolute atomic E-state index is 12.6. The number of carbonyl (C=O) groups excluding carboxylic acids is 1. The summed E-state index contributed by atoms with van der Waals surface area (Å²) in [5.74, 6) is 0.343. The molecule has 3 rings (SSSR count). The van der Waals surface area contributed by atoms with E-state index in [9.17, 15) is 4.79 Å². The lowest BCUT2D eigenvalue weighted by Crippen LogP contribution is -2.40. The number of piperidine rings is 1. The average molecular weight is 351 g/mol. The topological polar surface area (TPSA) is 32.3 Å². The Morgan fingerprint density at radius 1 is 1.04 bits per heavy atom. The van der Waals surface area contributed by atoms with E-state index >= 15 is 0 Å². The van der Waals surface area contributed by atoms with Crippen LogP contribution in [0.3, 0.4) is 0 Å². The molecular formula is C23H30N2O. The maximum atomic E-state index is 12.6. The number of aryl methyl sites for hydroxylation is 1. The van der Waals surface area contributed by atoms with E-state index in [4.69, 9.17) is 0 Å². The van der Waals surface area contributed by atoms with Gasteiger partial charge in [0.25, 0.3) is 0 Å². The molecule has 3 heteroatoms.